The molecule has 1 heterocycles. The van der Waals surface area contributed by atoms with Crippen LogP contribution in [0.5, 0.6) is 0 Å². The largest absolute Gasteiger partial charge is 0.396 e. The predicted molar refractivity (Wildman–Crippen MR) is 56.3 cm³/mol. The highest BCUT2D eigenvalue weighted by Gasteiger charge is 2.33. The fourth-order valence-corrected chi connectivity index (χ4v) is 1.96. The number of amides is 1. The Hall–Kier alpha value is -0.280. The van der Waals surface area contributed by atoms with Crippen molar-refractivity contribution in [2.75, 3.05) is 19.7 Å². The minimum atomic E-state index is -0.403. The van der Waals surface area contributed by atoms with Gasteiger partial charge in [0.1, 0.15) is 5.38 Å². The zero-order valence-corrected chi connectivity index (χ0v) is 9.50. The SMILES string of the molecule is CC[C@H](Cl)C(=O)N1C[C@H](CO)[C@@H](C)C1. The van der Waals surface area contributed by atoms with E-state index in [9.17, 15) is 4.79 Å². The molecule has 0 aromatic heterocycles. The van der Waals surface area contributed by atoms with Crippen molar-refractivity contribution in [3.05, 3.63) is 0 Å². The number of aliphatic hydroxyl groups excluding tert-OH is 1. The molecule has 0 spiro atoms. The Morgan fingerprint density at radius 1 is 1.64 bits per heavy atom. The van der Waals surface area contributed by atoms with Crippen molar-refractivity contribution in [1.29, 1.82) is 0 Å². The molecule has 0 bridgehead atoms. The monoisotopic (exact) mass is 219 g/mol. The summed E-state index contributed by atoms with van der Waals surface area (Å²) in [5, 5.41) is 8.66. The first kappa shape index (κ1) is 11.8. The summed E-state index contributed by atoms with van der Waals surface area (Å²) in [6.07, 6.45) is 0.662. The number of carbonyl (C=O) groups excluding carboxylic acids is 1. The van der Waals surface area contributed by atoms with Gasteiger partial charge in [-0.1, -0.05) is 13.8 Å². The van der Waals surface area contributed by atoms with Gasteiger partial charge in [0.15, 0.2) is 0 Å². The smallest absolute Gasteiger partial charge is 0.240 e. The molecule has 1 saturated heterocycles. The Morgan fingerprint density at radius 3 is 2.71 bits per heavy atom. The van der Waals surface area contributed by atoms with Crippen LogP contribution in [-0.4, -0.2) is 41.0 Å². The molecule has 0 unspecified atom stereocenters. The summed E-state index contributed by atoms with van der Waals surface area (Å²) in [6, 6.07) is 0. The number of hydrogen-bond donors (Lipinski definition) is 1. The number of nitrogens with zero attached hydrogens (tertiary/aromatic N) is 1. The summed E-state index contributed by atoms with van der Waals surface area (Å²) in [5.74, 6) is 0.612. The van der Waals surface area contributed by atoms with Gasteiger partial charge < -0.3 is 10.0 Å². The van der Waals surface area contributed by atoms with Crippen LogP contribution in [-0.2, 0) is 4.79 Å². The second-order valence-corrected chi connectivity index (χ2v) is 4.57. The van der Waals surface area contributed by atoms with E-state index in [1.807, 2.05) is 6.92 Å². The van der Waals surface area contributed by atoms with Crippen molar-refractivity contribution in [3.63, 3.8) is 0 Å². The standard InChI is InChI=1S/C10H18ClNO2/c1-3-9(11)10(14)12-4-7(2)8(5-12)6-13/h7-9,13H,3-6H2,1-2H3/t7-,8+,9-/m0/s1. The van der Waals surface area contributed by atoms with Crippen LogP contribution in [0.15, 0.2) is 0 Å². The minimum Gasteiger partial charge on any atom is -0.396 e. The number of carbonyl (C=O) groups is 1. The van der Waals surface area contributed by atoms with Gasteiger partial charge in [0, 0.05) is 25.6 Å². The van der Waals surface area contributed by atoms with E-state index >= 15 is 0 Å². The molecule has 82 valence electrons. The van der Waals surface area contributed by atoms with Gasteiger partial charge in [0.2, 0.25) is 5.91 Å². The van der Waals surface area contributed by atoms with Gasteiger partial charge >= 0.3 is 0 Å². The molecule has 1 N–H and O–H groups in total. The van der Waals surface area contributed by atoms with E-state index in [0.29, 0.717) is 18.9 Å². The zero-order valence-electron chi connectivity index (χ0n) is 8.74. The van der Waals surface area contributed by atoms with E-state index in [-0.39, 0.29) is 18.4 Å². The highest BCUT2D eigenvalue weighted by Crippen LogP contribution is 2.24. The summed E-state index contributed by atoms with van der Waals surface area (Å²) >= 11 is 5.88. The molecule has 0 saturated carbocycles. The number of rotatable bonds is 3. The van der Waals surface area contributed by atoms with Gasteiger partial charge in [-0.2, -0.15) is 0 Å². The van der Waals surface area contributed by atoms with Gasteiger partial charge in [0.05, 0.1) is 0 Å². The van der Waals surface area contributed by atoms with Crippen molar-refractivity contribution >= 4 is 17.5 Å². The maximum Gasteiger partial charge on any atom is 0.240 e. The lowest BCUT2D eigenvalue weighted by molar-refractivity contribution is -0.130. The Bertz CT molecular complexity index is 210. The molecule has 4 heteroatoms. The summed E-state index contributed by atoms with van der Waals surface area (Å²) in [4.78, 5) is 13.5. The average Bonchev–Trinajstić information content (AvgIpc) is 2.57. The highest BCUT2D eigenvalue weighted by molar-refractivity contribution is 6.30. The second-order valence-electron chi connectivity index (χ2n) is 4.04. The molecule has 1 aliphatic rings. The van der Waals surface area contributed by atoms with Crippen LogP contribution in [0.1, 0.15) is 20.3 Å². The normalized spacial score (nSPS) is 29.3. The zero-order chi connectivity index (χ0) is 10.7. The molecule has 0 radical (unpaired) electrons. The molecular weight excluding hydrogens is 202 g/mol. The van der Waals surface area contributed by atoms with Crippen molar-refractivity contribution in [3.8, 4) is 0 Å². The molecule has 1 rings (SSSR count). The fraction of sp³-hybridized carbons (Fsp3) is 0.900. The minimum absolute atomic E-state index is 0.0111. The lowest BCUT2D eigenvalue weighted by Gasteiger charge is -2.18. The predicted octanol–water partition coefficient (Wildman–Crippen LogP) is 1.09. The Kier molecular flexibility index (Phi) is 4.20. The second kappa shape index (κ2) is 4.99. The first-order chi connectivity index (χ1) is 6.60. The lowest BCUT2D eigenvalue weighted by Crippen LogP contribution is -2.35. The quantitative estimate of drug-likeness (QED) is 0.722. The molecule has 14 heavy (non-hydrogen) atoms. The number of aliphatic hydroxyl groups is 1. The van der Waals surface area contributed by atoms with E-state index in [1.54, 1.807) is 4.90 Å². The van der Waals surface area contributed by atoms with E-state index < -0.39 is 5.38 Å². The van der Waals surface area contributed by atoms with E-state index in [2.05, 4.69) is 6.92 Å². The fourth-order valence-electron chi connectivity index (χ4n) is 1.82. The Morgan fingerprint density at radius 2 is 2.29 bits per heavy atom. The molecule has 3 nitrogen and oxygen atoms in total. The maximum absolute atomic E-state index is 11.7. The van der Waals surface area contributed by atoms with E-state index in [0.717, 1.165) is 6.54 Å². The first-order valence-corrected chi connectivity index (χ1v) is 5.57. The summed E-state index contributed by atoms with van der Waals surface area (Å²) < 4.78 is 0. The number of hydrogen-bond acceptors (Lipinski definition) is 2. The third-order valence-electron chi connectivity index (χ3n) is 2.94. The number of likely N-dealkylation sites (tertiary alicyclic amines) is 1. The molecule has 1 amide bonds. The third kappa shape index (κ3) is 2.39. The van der Waals surface area contributed by atoms with Crippen LogP contribution in [0.2, 0.25) is 0 Å². The van der Waals surface area contributed by atoms with Crippen LogP contribution in [0, 0.1) is 11.8 Å². The molecule has 0 aromatic rings. The van der Waals surface area contributed by atoms with Gasteiger partial charge in [0.25, 0.3) is 0 Å². The summed E-state index contributed by atoms with van der Waals surface area (Å²) in [5.41, 5.74) is 0. The van der Waals surface area contributed by atoms with Gasteiger partial charge in [-0.25, -0.2) is 0 Å². The van der Waals surface area contributed by atoms with Crippen molar-refractivity contribution in [2.45, 2.75) is 25.6 Å². The molecule has 1 fully saturated rings. The Labute approximate surface area is 90.0 Å². The van der Waals surface area contributed by atoms with Crippen molar-refractivity contribution in [1.82, 2.24) is 4.90 Å². The first-order valence-electron chi connectivity index (χ1n) is 5.13. The number of alkyl halides is 1. The van der Waals surface area contributed by atoms with E-state index in [4.69, 9.17) is 16.7 Å². The molecule has 1 aliphatic heterocycles. The van der Waals surface area contributed by atoms with Crippen LogP contribution in [0.3, 0.4) is 0 Å². The van der Waals surface area contributed by atoms with Crippen LogP contribution >= 0.6 is 11.6 Å². The van der Waals surface area contributed by atoms with Gasteiger partial charge in [-0.15, -0.1) is 11.6 Å². The lowest BCUT2D eigenvalue weighted by atomic mass is 10.00. The van der Waals surface area contributed by atoms with E-state index in [1.165, 1.54) is 0 Å². The van der Waals surface area contributed by atoms with Crippen LogP contribution in [0.25, 0.3) is 0 Å². The topological polar surface area (TPSA) is 40.5 Å². The van der Waals surface area contributed by atoms with Crippen molar-refractivity contribution in [2.24, 2.45) is 11.8 Å². The third-order valence-corrected chi connectivity index (χ3v) is 3.44. The number of halogens is 1. The average molecular weight is 220 g/mol. The molecular formula is C10H18ClNO2. The summed E-state index contributed by atoms with van der Waals surface area (Å²) in [6.45, 7) is 5.50. The van der Waals surface area contributed by atoms with Crippen molar-refractivity contribution < 1.29 is 9.90 Å². The van der Waals surface area contributed by atoms with Crippen LogP contribution < -0.4 is 0 Å². The van der Waals surface area contributed by atoms with Gasteiger partial charge in [-0.3, -0.25) is 4.79 Å². The molecule has 0 aromatic carbocycles. The maximum atomic E-state index is 11.7. The highest BCUT2D eigenvalue weighted by atomic mass is 35.5. The van der Waals surface area contributed by atoms with Gasteiger partial charge in [-0.05, 0) is 12.3 Å². The Balaban J connectivity index is 2.52. The molecule has 3 atom stereocenters. The molecule has 0 aliphatic carbocycles. The summed E-state index contributed by atoms with van der Waals surface area (Å²) in [7, 11) is 0. The van der Waals surface area contributed by atoms with Crippen LogP contribution in [0.4, 0.5) is 0 Å².